The van der Waals surface area contributed by atoms with E-state index >= 15 is 0 Å². The van der Waals surface area contributed by atoms with Crippen LogP contribution in [0.5, 0.6) is 5.75 Å². The molecule has 0 saturated heterocycles. The summed E-state index contributed by atoms with van der Waals surface area (Å²) in [4.78, 5) is 8.63. The van der Waals surface area contributed by atoms with Crippen LogP contribution in [-0.4, -0.2) is 15.1 Å². The number of aromatic nitrogens is 2. The molecule has 2 aromatic heterocycles. The molecule has 1 N–H and O–H groups in total. The molecule has 0 saturated carbocycles. The molecule has 3 nitrogen and oxygen atoms in total. The highest BCUT2D eigenvalue weighted by molar-refractivity contribution is 9.10. The minimum absolute atomic E-state index is 0.213. The largest absolute Gasteiger partial charge is 0.506 e. The first-order valence-electron chi connectivity index (χ1n) is 5.59. The Hall–Kier alpha value is -1.72. The molecule has 0 radical (unpaired) electrons. The Bertz CT molecular complexity index is 712. The molecule has 0 spiro atoms. The number of aromatic hydroxyl groups is 1. The van der Waals surface area contributed by atoms with E-state index in [-0.39, 0.29) is 5.75 Å². The van der Waals surface area contributed by atoms with Gasteiger partial charge in [0.2, 0.25) is 0 Å². The van der Waals surface area contributed by atoms with Crippen molar-refractivity contribution in [1.82, 2.24) is 9.97 Å². The molecular weight excluding hydrogens is 324 g/mol. The van der Waals surface area contributed by atoms with Crippen molar-refractivity contribution < 1.29 is 5.11 Å². The van der Waals surface area contributed by atoms with Crippen LogP contribution in [-0.2, 0) is 0 Å². The molecule has 5 heteroatoms. The van der Waals surface area contributed by atoms with Gasteiger partial charge in [0.05, 0.1) is 10.2 Å². The van der Waals surface area contributed by atoms with E-state index in [9.17, 15) is 5.11 Å². The van der Waals surface area contributed by atoms with Crippen molar-refractivity contribution in [2.75, 3.05) is 0 Å². The van der Waals surface area contributed by atoms with Crippen molar-refractivity contribution in [3.05, 3.63) is 52.6 Å². The zero-order valence-corrected chi connectivity index (χ0v) is 12.1. The van der Waals surface area contributed by atoms with Gasteiger partial charge in [-0.1, -0.05) is 6.07 Å². The Kier molecular flexibility index (Phi) is 3.31. The number of benzene rings is 1. The molecule has 0 aliphatic heterocycles. The molecule has 3 rings (SSSR count). The maximum atomic E-state index is 10.0. The molecule has 0 bridgehead atoms. The van der Waals surface area contributed by atoms with Crippen LogP contribution < -0.4 is 0 Å². The third-order valence-electron chi connectivity index (χ3n) is 2.68. The van der Waals surface area contributed by atoms with Gasteiger partial charge in [0, 0.05) is 28.9 Å². The quantitative estimate of drug-likeness (QED) is 0.759. The normalized spacial score (nSPS) is 10.6. The number of hydrogen-bond donors (Lipinski definition) is 1. The molecule has 3 aromatic rings. The second kappa shape index (κ2) is 5.11. The smallest absolute Gasteiger partial charge is 0.139 e. The molecule has 1 aromatic carbocycles. The van der Waals surface area contributed by atoms with Crippen LogP contribution in [0.4, 0.5) is 0 Å². The Balaban J connectivity index is 2.05. The summed E-state index contributed by atoms with van der Waals surface area (Å²) in [6.45, 7) is 0. The van der Waals surface area contributed by atoms with E-state index in [4.69, 9.17) is 0 Å². The third kappa shape index (κ3) is 2.39. The Labute approximate surface area is 122 Å². The van der Waals surface area contributed by atoms with Crippen LogP contribution in [0.2, 0.25) is 0 Å². The van der Waals surface area contributed by atoms with Gasteiger partial charge in [0.15, 0.2) is 0 Å². The minimum atomic E-state index is 0.213. The zero-order chi connectivity index (χ0) is 13.2. The first-order valence-corrected chi connectivity index (χ1v) is 7.27. The monoisotopic (exact) mass is 332 g/mol. The molecule has 0 aliphatic carbocycles. The first kappa shape index (κ1) is 12.3. The number of halogens is 1. The average Bonchev–Trinajstić information content (AvgIpc) is 2.92. The van der Waals surface area contributed by atoms with Gasteiger partial charge in [-0.3, -0.25) is 4.98 Å². The van der Waals surface area contributed by atoms with Crippen LogP contribution >= 0.6 is 27.3 Å². The maximum Gasteiger partial charge on any atom is 0.139 e. The number of phenols is 1. The van der Waals surface area contributed by atoms with Crippen molar-refractivity contribution in [3.63, 3.8) is 0 Å². The fourth-order valence-electron chi connectivity index (χ4n) is 1.74. The van der Waals surface area contributed by atoms with Gasteiger partial charge < -0.3 is 5.11 Å². The number of phenolic OH excluding ortho intramolecular Hbond substituents is 1. The van der Waals surface area contributed by atoms with Crippen molar-refractivity contribution in [1.29, 1.82) is 0 Å². The molecule has 94 valence electrons. The van der Waals surface area contributed by atoms with Crippen LogP contribution in [0.1, 0.15) is 0 Å². The second-order valence-corrected chi connectivity index (χ2v) is 5.63. The lowest BCUT2D eigenvalue weighted by Gasteiger charge is -2.02. The summed E-state index contributed by atoms with van der Waals surface area (Å²) in [5.74, 6) is 0.213. The van der Waals surface area contributed by atoms with Gasteiger partial charge in [-0.2, -0.15) is 0 Å². The van der Waals surface area contributed by atoms with Gasteiger partial charge in [0.1, 0.15) is 10.8 Å². The molecule has 0 fully saturated rings. The number of pyridine rings is 1. The van der Waals surface area contributed by atoms with Crippen molar-refractivity contribution in [3.8, 4) is 27.6 Å². The van der Waals surface area contributed by atoms with Gasteiger partial charge in [-0.15, -0.1) is 11.3 Å². The Morgan fingerprint density at radius 2 is 2.05 bits per heavy atom. The van der Waals surface area contributed by atoms with Gasteiger partial charge in [-0.05, 0) is 40.2 Å². The first-order chi connectivity index (χ1) is 9.25. The van der Waals surface area contributed by atoms with Gasteiger partial charge in [0.25, 0.3) is 0 Å². The van der Waals surface area contributed by atoms with Crippen LogP contribution in [0.15, 0.2) is 52.6 Å². The molecular formula is C14H9BrN2OS. The molecule has 0 unspecified atom stereocenters. The van der Waals surface area contributed by atoms with Crippen molar-refractivity contribution in [2.24, 2.45) is 0 Å². The number of hydrogen-bond acceptors (Lipinski definition) is 4. The lowest BCUT2D eigenvalue weighted by atomic mass is 10.1. The standard InChI is InChI=1S/C14H9BrN2OS/c15-11-5-1-4-10(13(11)18)12-8-19-14(17-12)9-3-2-6-16-7-9/h1-8,18H. The summed E-state index contributed by atoms with van der Waals surface area (Å²) in [6, 6.07) is 9.38. The van der Waals surface area contributed by atoms with Crippen LogP contribution in [0, 0.1) is 0 Å². The minimum Gasteiger partial charge on any atom is -0.506 e. The molecule has 2 heterocycles. The predicted molar refractivity (Wildman–Crippen MR) is 80.1 cm³/mol. The van der Waals surface area contributed by atoms with Crippen LogP contribution in [0.25, 0.3) is 21.8 Å². The second-order valence-electron chi connectivity index (χ2n) is 3.92. The number of nitrogens with zero attached hydrogens (tertiary/aromatic N) is 2. The van der Waals surface area contributed by atoms with Crippen molar-refractivity contribution in [2.45, 2.75) is 0 Å². The fraction of sp³-hybridized carbons (Fsp3) is 0. The van der Waals surface area contributed by atoms with Crippen LogP contribution in [0.3, 0.4) is 0 Å². The average molecular weight is 333 g/mol. The third-order valence-corrected chi connectivity index (χ3v) is 4.21. The number of para-hydroxylation sites is 1. The lowest BCUT2D eigenvalue weighted by Crippen LogP contribution is -1.82. The summed E-state index contributed by atoms with van der Waals surface area (Å²) in [7, 11) is 0. The molecule has 0 aliphatic rings. The summed E-state index contributed by atoms with van der Waals surface area (Å²) in [5, 5.41) is 12.9. The summed E-state index contributed by atoms with van der Waals surface area (Å²) in [6.07, 6.45) is 3.52. The zero-order valence-electron chi connectivity index (χ0n) is 9.75. The highest BCUT2D eigenvalue weighted by Gasteiger charge is 2.11. The van der Waals surface area contributed by atoms with E-state index in [0.29, 0.717) is 4.47 Å². The predicted octanol–water partition coefficient (Wildman–Crippen LogP) is 4.34. The highest BCUT2D eigenvalue weighted by Crippen LogP contribution is 2.37. The van der Waals surface area contributed by atoms with E-state index in [2.05, 4.69) is 25.9 Å². The number of rotatable bonds is 2. The fourth-order valence-corrected chi connectivity index (χ4v) is 2.92. The summed E-state index contributed by atoms with van der Waals surface area (Å²) in [5.41, 5.74) is 2.47. The highest BCUT2D eigenvalue weighted by atomic mass is 79.9. The van der Waals surface area contributed by atoms with Crippen molar-refractivity contribution >= 4 is 27.3 Å². The topological polar surface area (TPSA) is 46.0 Å². The van der Waals surface area contributed by atoms with E-state index in [1.54, 1.807) is 18.5 Å². The maximum absolute atomic E-state index is 10.0. The number of thiazole rings is 1. The van der Waals surface area contributed by atoms with Gasteiger partial charge in [-0.25, -0.2) is 4.98 Å². The van der Waals surface area contributed by atoms with E-state index in [0.717, 1.165) is 21.8 Å². The lowest BCUT2D eigenvalue weighted by molar-refractivity contribution is 0.474. The van der Waals surface area contributed by atoms with E-state index in [1.165, 1.54) is 11.3 Å². The Morgan fingerprint density at radius 1 is 1.16 bits per heavy atom. The van der Waals surface area contributed by atoms with E-state index < -0.39 is 0 Å². The van der Waals surface area contributed by atoms with E-state index in [1.807, 2.05) is 29.6 Å². The molecule has 0 amide bonds. The molecule has 19 heavy (non-hydrogen) atoms. The molecule has 0 atom stereocenters. The van der Waals surface area contributed by atoms with Gasteiger partial charge >= 0.3 is 0 Å². The Morgan fingerprint density at radius 3 is 2.84 bits per heavy atom. The summed E-state index contributed by atoms with van der Waals surface area (Å²) < 4.78 is 0.668. The summed E-state index contributed by atoms with van der Waals surface area (Å²) >= 11 is 4.85. The SMILES string of the molecule is Oc1c(Br)cccc1-c1csc(-c2cccnc2)n1.